The SMILES string of the molecule is Oc1cc(F)c(C=CCCS)c(F)c1. The Hall–Kier alpha value is -1.03. The highest BCUT2D eigenvalue weighted by Gasteiger charge is 2.07. The summed E-state index contributed by atoms with van der Waals surface area (Å²) in [5.41, 5.74) is -0.135. The molecule has 0 spiro atoms. The van der Waals surface area contributed by atoms with Crippen molar-refractivity contribution in [2.45, 2.75) is 6.42 Å². The summed E-state index contributed by atoms with van der Waals surface area (Å²) < 4.78 is 26.1. The summed E-state index contributed by atoms with van der Waals surface area (Å²) in [6.45, 7) is 0. The van der Waals surface area contributed by atoms with Gasteiger partial charge in [0.2, 0.25) is 0 Å². The summed E-state index contributed by atoms with van der Waals surface area (Å²) >= 11 is 3.96. The molecule has 1 aromatic rings. The standard InChI is InChI=1S/C10H10F2OS/c11-9-5-7(13)6-10(12)8(9)3-1-2-4-14/h1,3,5-6,13-14H,2,4H2. The van der Waals surface area contributed by atoms with E-state index >= 15 is 0 Å². The zero-order valence-electron chi connectivity index (χ0n) is 7.37. The number of phenols is 1. The Morgan fingerprint density at radius 1 is 1.29 bits per heavy atom. The minimum atomic E-state index is -0.766. The van der Waals surface area contributed by atoms with E-state index in [-0.39, 0.29) is 5.56 Å². The number of phenolic OH excluding ortho intramolecular Hbond substituents is 1. The van der Waals surface area contributed by atoms with Crippen LogP contribution in [0.4, 0.5) is 8.78 Å². The van der Waals surface area contributed by atoms with Crippen LogP contribution in [-0.2, 0) is 0 Å². The van der Waals surface area contributed by atoms with Crippen LogP contribution >= 0.6 is 12.6 Å². The number of hydrogen-bond acceptors (Lipinski definition) is 2. The van der Waals surface area contributed by atoms with Gasteiger partial charge in [0, 0.05) is 17.7 Å². The maximum absolute atomic E-state index is 13.1. The molecule has 0 atom stereocenters. The van der Waals surface area contributed by atoms with Crippen LogP contribution in [-0.4, -0.2) is 10.9 Å². The molecule has 0 aromatic heterocycles. The molecule has 1 rings (SSSR count). The van der Waals surface area contributed by atoms with Crippen LogP contribution in [0, 0.1) is 11.6 Å². The Morgan fingerprint density at radius 2 is 1.86 bits per heavy atom. The third-order valence-corrected chi connectivity index (χ3v) is 1.90. The lowest BCUT2D eigenvalue weighted by Crippen LogP contribution is -1.88. The summed E-state index contributed by atoms with van der Waals surface area (Å²) in [5.74, 6) is -1.32. The van der Waals surface area contributed by atoms with Crippen molar-refractivity contribution in [3.8, 4) is 5.75 Å². The fourth-order valence-corrected chi connectivity index (χ4v) is 1.15. The van der Waals surface area contributed by atoms with E-state index in [9.17, 15) is 8.78 Å². The summed E-state index contributed by atoms with van der Waals surface area (Å²) in [4.78, 5) is 0. The first-order chi connectivity index (χ1) is 6.65. The lowest BCUT2D eigenvalue weighted by Gasteiger charge is -2.00. The number of benzene rings is 1. The number of halogens is 2. The molecule has 14 heavy (non-hydrogen) atoms. The summed E-state index contributed by atoms with van der Waals surface area (Å²) in [6.07, 6.45) is 3.62. The molecule has 0 bridgehead atoms. The Kier molecular flexibility index (Phi) is 3.95. The van der Waals surface area contributed by atoms with Crippen LogP contribution in [0.1, 0.15) is 12.0 Å². The summed E-state index contributed by atoms with van der Waals surface area (Å²) in [7, 11) is 0. The molecule has 0 heterocycles. The normalized spacial score (nSPS) is 11.1. The quantitative estimate of drug-likeness (QED) is 0.744. The van der Waals surface area contributed by atoms with Gasteiger partial charge in [0.25, 0.3) is 0 Å². The van der Waals surface area contributed by atoms with E-state index in [0.717, 1.165) is 12.1 Å². The van der Waals surface area contributed by atoms with Crippen molar-refractivity contribution >= 4 is 18.7 Å². The van der Waals surface area contributed by atoms with Gasteiger partial charge >= 0.3 is 0 Å². The van der Waals surface area contributed by atoms with Gasteiger partial charge in [-0.3, -0.25) is 0 Å². The molecule has 0 amide bonds. The minimum absolute atomic E-state index is 0.135. The minimum Gasteiger partial charge on any atom is -0.508 e. The van der Waals surface area contributed by atoms with Crippen LogP contribution in [0.15, 0.2) is 18.2 Å². The molecule has 76 valence electrons. The number of rotatable bonds is 3. The molecular weight excluding hydrogens is 206 g/mol. The third-order valence-electron chi connectivity index (χ3n) is 1.64. The number of allylic oxidation sites excluding steroid dienone is 1. The number of thiol groups is 1. The topological polar surface area (TPSA) is 20.2 Å². The predicted molar refractivity (Wildman–Crippen MR) is 55.5 cm³/mol. The average molecular weight is 216 g/mol. The summed E-state index contributed by atoms with van der Waals surface area (Å²) in [6, 6.07) is 1.76. The van der Waals surface area contributed by atoms with Crippen molar-refractivity contribution in [3.63, 3.8) is 0 Å². The Bertz CT molecular complexity index is 327. The Labute approximate surface area is 86.5 Å². The van der Waals surface area contributed by atoms with Crippen LogP contribution in [0.5, 0.6) is 5.75 Å². The first-order valence-electron chi connectivity index (χ1n) is 4.10. The predicted octanol–water partition coefficient (Wildman–Crippen LogP) is 3.00. The van der Waals surface area contributed by atoms with E-state index in [2.05, 4.69) is 12.6 Å². The molecule has 0 radical (unpaired) electrons. The zero-order chi connectivity index (χ0) is 10.6. The molecule has 1 aromatic carbocycles. The molecule has 0 aliphatic heterocycles. The molecule has 0 aliphatic rings. The molecule has 0 saturated heterocycles. The van der Waals surface area contributed by atoms with E-state index in [1.165, 1.54) is 6.08 Å². The monoisotopic (exact) mass is 216 g/mol. The maximum atomic E-state index is 13.1. The molecule has 0 saturated carbocycles. The van der Waals surface area contributed by atoms with Gasteiger partial charge in [0.15, 0.2) is 0 Å². The van der Waals surface area contributed by atoms with Gasteiger partial charge < -0.3 is 5.11 Å². The lowest BCUT2D eigenvalue weighted by atomic mass is 10.1. The van der Waals surface area contributed by atoms with Gasteiger partial charge in [-0.2, -0.15) is 12.6 Å². The molecule has 4 heteroatoms. The zero-order valence-corrected chi connectivity index (χ0v) is 8.27. The van der Waals surface area contributed by atoms with Gasteiger partial charge in [-0.25, -0.2) is 8.78 Å². The van der Waals surface area contributed by atoms with E-state index in [4.69, 9.17) is 5.11 Å². The molecule has 0 unspecified atom stereocenters. The fraction of sp³-hybridized carbons (Fsp3) is 0.200. The highest BCUT2D eigenvalue weighted by molar-refractivity contribution is 7.80. The van der Waals surface area contributed by atoms with E-state index < -0.39 is 17.4 Å². The van der Waals surface area contributed by atoms with Gasteiger partial charge in [-0.05, 0) is 12.2 Å². The molecular formula is C10H10F2OS. The van der Waals surface area contributed by atoms with Crippen molar-refractivity contribution < 1.29 is 13.9 Å². The molecule has 1 N–H and O–H groups in total. The van der Waals surface area contributed by atoms with E-state index in [1.807, 2.05) is 0 Å². The summed E-state index contributed by atoms with van der Waals surface area (Å²) in [5, 5.41) is 8.87. The number of hydrogen-bond donors (Lipinski definition) is 2. The van der Waals surface area contributed by atoms with E-state index in [1.54, 1.807) is 6.08 Å². The van der Waals surface area contributed by atoms with Crippen molar-refractivity contribution in [1.29, 1.82) is 0 Å². The van der Waals surface area contributed by atoms with Crippen molar-refractivity contribution in [2.24, 2.45) is 0 Å². The van der Waals surface area contributed by atoms with Gasteiger partial charge in [-0.15, -0.1) is 0 Å². The largest absolute Gasteiger partial charge is 0.508 e. The van der Waals surface area contributed by atoms with E-state index in [0.29, 0.717) is 12.2 Å². The first kappa shape index (κ1) is 11.0. The third kappa shape index (κ3) is 2.73. The van der Waals surface area contributed by atoms with Crippen molar-refractivity contribution in [3.05, 3.63) is 35.4 Å². The van der Waals surface area contributed by atoms with Gasteiger partial charge in [-0.1, -0.05) is 12.2 Å². The fourth-order valence-electron chi connectivity index (χ4n) is 1.01. The van der Waals surface area contributed by atoms with Crippen molar-refractivity contribution in [1.82, 2.24) is 0 Å². The van der Waals surface area contributed by atoms with Crippen LogP contribution in [0.2, 0.25) is 0 Å². The number of aromatic hydroxyl groups is 1. The second kappa shape index (κ2) is 5.00. The second-order valence-electron chi connectivity index (χ2n) is 2.74. The molecule has 0 fully saturated rings. The van der Waals surface area contributed by atoms with Crippen LogP contribution in [0.3, 0.4) is 0 Å². The second-order valence-corrected chi connectivity index (χ2v) is 3.18. The smallest absolute Gasteiger partial charge is 0.137 e. The van der Waals surface area contributed by atoms with Gasteiger partial charge in [0.05, 0.1) is 0 Å². The van der Waals surface area contributed by atoms with Gasteiger partial charge in [0.1, 0.15) is 17.4 Å². The lowest BCUT2D eigenvalue weighted by molar-refractivity contribution is 0.460. The Morgan fingerprint density at radius 3 is 2.36 bits per heavy atom. The van der Waals surface area contributed by atoms with Crippen molar-refractivity contribution in [2.75, 3.05) is 5.75 Å². The molecule has 0 aliphatic carbocycles. The van der Waals surface area contributed by atoms with Crippen LogP contribution < -0.4 is 0 Å². The first-order valence-corrected chi connectivity index (χ1v) is 4.74. The highest BCUT2D eigenvalue weighted by atomic mass is 32.1. The maximum Gasteiger partial charge on any atom is 0.137 e. The Balaban J connectivity index is 2.96. The highest BCUT2D eigenvalue weighted by Crippen LogP contribution is 2.20. The van der Waals surface area contributed by atoms with Crippen LogP contribution in [0.25, 0.3) is 6.08 Å². The molecule has 1 nitrogen and oxygen atoms in total. The average Bonchev–Trinajstić information content (AvgIpc) is 2.09.